The van der Waals surface area contributed by atoms with Gasteiger partial charge in [-0.05, 0) is 37.3 Å². The van der Waals surface area contributed by atoms with Gasteiger partial charge < -0.3 is 13.7 Å². The summed E-state index contributed by atoms with van der Waals surface area (Å²) in [5, 5.41) is 8.55. The van der Waals surface area contributed by atoms with Gasteiger partial charge >= 0.3 is 0 Å². The van der Waals surface area contributed by atoms with Gasteiger partial charge in [0, 0.05) is 12.6 Å². The van der Waals surface area contributed by atoms with Crippen molar-refractivity contribution in [3.63, 3.8) is 0 Å². The number of aromatic nitrogens is 4. The molecule has 2 heterocycles. The van der Waals surface area contributed by atoms with E-state index >= 15 is 0 Å². The van der Waals surface area contributed by atoms with Crippen molar-refractivity contribution in [2.75, 3.05) is 0 Å². The van der Waals surface area contributed by atoms with Gasteiger partial charge in [-0.2, -0.15) is 0 Å². The molecule has 7 heteroatoms. The average Bonchev–Trinajstić information content (AvgIpc) is 3.13. The second-order valence-electron chi connectivity index (χ2n) is 6.00. The lowest BCUT2D eigenvalue weighted by molar-refractivity contribution is 0.265. The van der Waals surface area contributed by atoms with Crippen LogP contribution in [0.3, 0.4) is 0 Å². The van der Waals surface area contributed by atoms with Crippen molar-refractivity contribution in [2.24, 2.45) is 7.05 Å². The minimum Gasteiger partial charge on any atom is -0.484 e. The topological polar surface area (TPSA) is 83.0 Å². The summed E-state index contributed by atoms with van der Waals surface area (Å²) in [5.41, 5.74) is 2.52. The van der Waals surface area contributed by atoms with Gasteiger partial charge in [0.2, 0.25) is 5.89 Å². The molecular weight excluding hydrogens is 332 g/mol. The fraction of sp³-hybridized carbons (Fsp3) is 0.158. The number of benzene rings is 2. The molecule has 0 N–H and O–H groups in total. The van der Waals surface area contributed by atoms with E-state index in [9.17, 15) is 4.79 Å². The van der Waals surface area contributed by atoms with Crippen LogP contribution in [0.4, 0.5) is 0 Å². The van der Waals surface area contributed by atoms with Crippen LogP contribution in [-0.4, -0.2) is 19.7 Å². The lowest BCUT2D eigenvalue weighted by Gasteiger charge is -2.05. The molecule has 2 aromatic carbocycles. The second-order valence-corrected chi connectivity index (χ2v) is 6.00. The van der Waals surface area contributed by atoms with E-state index in [1.54, 1.807) is 25.2 Å². The van der Waals surface area contributed by atoms with Gasteiger partial charge in [0.15, 0.2) is 6.61 Å². The molecule has 4 aromatic rings. The molecule has 26 heavy (non-hydrogen) atoms. The van der Waals surface area contributed by atoms with Crippen molar-refractivity contribution in [2.45, 2.75) is 13.5 Å². The molecule has 0 aliphatic rings. The standard InChI is InChI=1S/C19H16N4O3/c1-12-3-5-13(6-4-12)18-22-21-17(26-18)10-25-14-7-8-16-15(9-14)19(24)23(2)11-20-16/h3-9,11H,10H2,1-2H3. The van der Waals surface area contributed by atoms with E-state index in [1.807, 2.05) is 31.2 Å². The Morgan fingerprint density at radius 1 is 1.12 bits per heavy atom. The van der Waals surface area contributed by atoms with Crippen molar-refractivity contribution in [3.8, 4) is 17.2 Å². The first-order valence-electron chi connectivity index (χ1n) is 8.08. The van der Waals surface area contributed by atoms with Crippen molar-refractivity contribution < 1.29 is 9.15 Å². The largest absolute Gasteiger partial charge is 0.484 e. The number of hydrogen-bond donors (Lipinski definition) is 0. The van der Waals surface area contributed by atoms with Crippen LogP contribution >= 0.6 is 0 Å². The zero-order valence-corrected chi connectivity index (χ0v) is 14.3. The highest BCUT2D eigenvalue weighted by atomic mass is 16.5. The summed E-state index contributed by atoms with van der Waals surface area (Å²) in [6.45, 7) is 2.13. The molecule has 0 spiro atoms. The van der Waals surface area contributed by atoms with Gasteiger partial charge in [-0.3, -0.25) is 4.79 Å². The van der Waals surface area contributed by atoms with E-state index in [-0.39, 0.29) is 12.2 Å². The molecule has 7 nitrogen and oxygen atoms in total. The van der Waals surface area contributed by atoms with Crippen molar-refractivity contribution in [3.05, 3.63) is 70.6 Å². The second kappa shape index (κ2) is 6.44. The molecule has 0 fully saturated rings. The third kappa shape index (κ3) is 3.06. The van der Waals surface area contributed by atoms with Gasteiger partial charge in [0.1, 0.15) is 5.75 Å². The van der Waals surface area contributed by atoms with Crippen molar-refractivity contribution in [1.29, 1.82) is 0 Å². The Labute approximate surface area is 148 Å². The van der Waals surface area contributed by atoms with E-state index in [0.717, 1.165) is 11.1 Å². The molecule has 0 unspecified atom stereocenters. The number of hydrogen-bond acceptors (Lipinski definition) is 6. The molecule has 0 saturated heterocycles. The van der Waals surface area contributed by atoms with E-state index in [1.165, 1.54) is 10.9 Å². The summed E-state index contributed by atoms with van der Waals surface area (Å²) < 4.78 is 12.8. The van der Waals surface area contributed by atoms with Crippen molar-refractivity contribution >= 4 is 10.9 Å². The lowest BCUT2D eigenvalue weighted by Crippen LogP contribution is -2.16. The molecule has 4 rings (SSSR count). The van der Waals surface area contributed by atoms with Gasteiger partial charge in [0.25, 0.3) is 11.4 Å². The lowest BCUT2D eigenvalue weighted by atomic mass is 10.1. The number of fused-ring (bicyclic) bond motifs is 1. The Balaban J connectivity index is 1.52. The number of aryl methyl sites for hydroxylation is 2. The Kier molecular flexibility index (Phi) is 3.96. The maximum Gasteiger partial charge on any atom is 0.261 e. The first-order chi connectivity index (χ1) is 12.6. The maximum absolute atomic E-state index is 12.2. The fourth-order valence-electron chi connectivity index (χ4n) is 2.55. The number of rotatable bonds is 4. The van der Waals surface area contributed by atoms with Crippen LogP contribution in [0.2, 0.25) is 0 Å². The first-order valence-corrected chi connectivity index (χ1v) is 8.08. The minimum atomic E-state index is -0.125. The summed E-state index contributed by atoms with van der Waals surface area (Å²) in [5.74, 6) is 1.35. The smallest absolute Gasteiger partial charge is 0.261 e. The highest BCUT2D eigenvalue weighted by Gasteiger charge is 2.10. The first kappa shape index (κ1) is 16.0. The summed E-state index contributed by atoms with van der Waals surface area (Å²) in [7, 11) is 1.66. The summed E-state index contributed by atoms with van der Waals surface area (Å²) in [6, 6.07) is 13.0. The zero-order chi connectivity index (χ0) is 18.1. The molecule has 130 valence electrons. The summed E-state index contributed by atoms with van der Waals surface area (Å²) in [4.78, 5) is 16.4. The highest BCUT2D eigenvalue weighted by Crippen LogP contribution is 2.20. The molecule has 0 atom stereocenters. The van der Waals surface area contributed by atoms with E-state index in [0.29, 0.717) is 28.4 Å². The average molecular weight is 348 g/mol. The Bertz CT molecular complexity index is 1130. The third-order valence-corrected chi connectivity index (χ3v) is 4.02. The Morgan fingerprint density at radius 2 is 1.92 bits per heavy atom. The maximum atomic E-state index is 12.2. The van der Waals surface area contributed by atoms with Crippen molar-refractivity contribution in [1.82, 2.24) is 19.7 Å². The fourth-order valence-corrected chi connectivity index (χ4v) is 2.55. The van der Waals surface area contributed by atoms with Gasteiger partial charge in [-0.25, -0.2) is 4.98 Å². The predicted molar refractivity (Wildman–Crippen MR) is 95.8 cm³/mol. The van der Waals surface area contributed by atoms with Gasteiger partial charge in [-0.15, -0.1) is 10.2 Å². The quantitative estimate of drug-likeness (QED) is 0.564. The molecule has 0 radical (unpaired) electrons. The minimum absolute atomic E-state index is 0.116. The van der Waals surface area contributed by atoms with Crippen LogP contribution in [-0.2, 0) is 13.7 Å². The van der Waals surface area contributed by atoms with Gasteiger partial charge in [-0.1, -0.05) is 17.7 Å². The zero-order valence-electron chi connectivity index (χ0n) is 14.3. The number of nitrogens with zero attached hydrogens (tertiary/aromatic N) is 4. The molecule has 0 saturated carbocycles. The monoisotopic (exact) mass is 348 g/mol. The normalized spacial score (nSPS) is 11.0. The molecular formula is C19H16N4O3. The number of ether oxygens (including phenoxy) is 1. The predicted octanol–water partition coefficient (Wildman–Crippen LogP) is 2.87. The van der Waals surface area contributed by atoms with Crippen LogP contribution in [0.25, 0.3) is 22.4 Å². The SMILES string of the molecule is Cc1ccc(-c2nnc(COc3ccc4ncn(C)c(=O)c4c3)o2)cc1. The van der Waals surface area contributed by atoms with E-state index in [4.69, 9.17) is 9.15 Å². The van der Waals surface area contributed by atoms with E-state index < -0.39 is 0 Å². The van der Waals surface area contributed by atoms with Crippen LogP contribution < -0.4 is 10.3 Å². The Morgan fingerprint density at radius 3 is 2.73 bits per heavy atom. The van der Waals surface area contributed by atoms with Crippen LogP contribution in [0, 0.1) is 6.92 Å². The third-order valence-electron chi connectivity index (χ3n) is 4.02. The Hall–Kier alpha value is -3.48. The molecule has 2 aromatic heterocycles. The van der Waals surface area contributed by atoms with E-state index in [2.05, 4.69) is 15.2 Å². The van der Waals surface area contributed by atoms with Crippen LogP contribution in [0.15, 0.2) is 58.0 Å². The molecule has 0 amide bonds. The van der Waals surface area contributed by atoms with Gasteiger partial charge in [0.05, 0.1) is 17.2 Å². The molecule has 0 aliphatic carbocycles. The summed E-state index contributed by atoms with van der Waals surface area (Å²) >= 11 is 0. The summed E-state index contributed by atoms with van der Waals surface area (Å²) in [6.07, 6.45) is 1.50. The molecule has 0 aliphatic heterocycles. The molecule has 0 bridgehead atoms. The van der Waals surface area contributed by atoms with Crippen LogP contribution in [0.5, 0.6) is 5.75 Å². The van der Waals surface area contributed by atoms with Crippen LogP contribution in [0.1, 0.15) is 11.5 Å². The highest BCUT2D eigenvalue weighted by molar-refractivity contribution is 5.78.